The number of nitrogens with zero attached hydrogens (tertiary/aromatic N) is 3. The second-order valence-corrected chi connectivity index (χ2v) is 6.92. The number of H-pyrrole nitrogens is 1. The normalized spacial score (nSPS) is 21.6. The molecule has 1 N–H and O–H groups in total. The fraction of sp³-hybridized carbons (Fsp3) is 0.765. The lowest BCUT2D eigenvalue weighted by atomic mass is 10.2. The lowest BCUT2D eigenvalue weighted by Crippen LogP contribution is -2.40. The molecule has 0 atom stereocenters. The van der Waals surface area contributed by atoms with Crippen LogP contribution in [-0.2, 0) is 6.54 Å². The molecule has 0 radical (unpaired) electrons. The maximum Gasteiger partial charge on any atom is 0.328 e. The van der Waals surface area contributed by atoms with E-state index in [4.69, 9.17) is 0 Å². The average Bonchev–Trinajstić information content (AvgIpc) is 2.93. The molecule has 1 aliphatic heterocycles. The van der Waals surface area contributed by atoms with Crippen LogP contribution in [0.2, 0.25) is 0 Å². The highest BCUT2D eigenvalue weighted by atomic mass is 16.2. The lowest BCUT2D eigenvalue weighted by Gasteiger charge is -2.27. The van der Waals surface area contributed by atoms with Crippen molar-refractivity contribution in [2.24, 2.45) is 0 Å². The minimum absolute atomic E-state index is 0.200. The molecule has 6 nitrogen and oxygen atoms in total. The summed E-state index contributed by atoms with van der Waals surface area (Å²) < 4.78 is 1.31. The van der Waals surface area contributed by atoms with E-state index in [0.717, 1.165) is 32.2 Å². The van der Waals surface area contributed by atoms with Gasteiger partial charge in [0.25, 0.3) is 5.56 Å². The minimum Gasteiger partial charge on any atom is -0.311 e. The molecule has 1 saturated carbocycles. The van der Waals surface area contributed by atoms with Crippen molar-refractivity contribution in [2.75, 3.05) is 32.7 Å². The van der Waals surface area contributed by atoms with Crippen molar-refractivity contribution in [2.45, 2.75) is 51.6 Å². The second-order valence-electron chi connectivity index (χ2n) is 6.92. The summed E-state index contributed by atoms with van der Waals surface area (Å²) in [7, 11) is 0. The molecule has 1 aromatic heterocycles. The Morgan fingerprint density at radius 2 is 1.83 bits per heavy atom. The Bertz CT molecular complexity index is 599. The SMILES string of the molecule is Cc1cc(=O)n(CCN2CCCN(C3CCCC3)CC2)c(=O)[nH]1. The van der Waals surface area contributed by atoms with E-state index in [1.807, 2.05) is 0 Å². The van der Waals surface area contributed by atoms with Gasteiger partial charge in [-0.05, 0) is 39.3 Å². The zero-order valence-corrected chi connectivity index (χ0v) is 14.1. The Kier molecular flexibility index (Phi) is 5.33. The molecular weight excluding hydrogens is 292 g/mol. The zero-order chi connectivity index (χ0) is 16.2. The molecule has 0 unspecified atom stereocenters. The maximum absolute atomic E-state index is 11.9. The molecule has 0 spiro atoms. The summed E-state index contributed by atoms with van der Waals surface area (Å²) in [5.74, 6) is 0. The monoisotopic (exact) mass is 320 g/mol. The third-order valence-corrected chi connectivity index (χ3v) is 5.26. The number of aromatic nitrogens is 2. The van der Waals surface area contributed by atoms with Crippen LogP contribution in [0.25, 0.3) is 0 Å². The highest BCUT2D eigenvalue weighted by Crippen LogP contribution is 2.24. The van der Waals surface area contributed by atoms with Gasteiger partial charge in [-0.15, -0.1) is 0 Å². The molecule has 0 aromatic carbocycles. The summed E-state index contributed by atoms with van der Waals surface area (Å²) in [6, 6.07) is 2.28. The van der Waals surface area contributed by atoms with Gasteiger partial charge in [0.15, 0.2) is 0 Å². The van der Waals surface area contributed by atoms with Gasteiger partial charge >= 0.3 is 5.69 Å². The van der Waals surface area contributed by atoms with Gasteiger partial charge in [-0.1, -0.05) is 12.8 Å². The van der Waals surface area contributed by atoms with Gasteiger partial charge in [0.2, 0.25) is 0 Å². The van der Waals surface area contributed by atoms with Crippen molar-refractivity contribution >= 4 is 0 Å². The van der Waals surface area contributed by atoms with E-state index in [1.165, 1.54) is 49.3 Å². The molecule has 6 heteroatoms. The Balaban J connectivity index is 1.55. The van der Waals surface area contributed by atoms with E-state index in [1.54, 1.807) is 6.92 Å². The van der Waals surface area contributed by atoms with Crippen molar-refractivity contribution in [3.8, 4) is 0 Å². The predicted octanol–water partition coefficient (Wildman–Crippen LogP) is 0.795. The van der Waals surface area contributed by atoms with Gasteiger partial charge in [0, 0.05) is 44.0 Å². The van der Waals surface area contributed by atoms with Crippen LogP contribution >= 0.6 is 0 Å². The first-order chi connectivity index (χ1) is 11.1. The number of hydrogen-bond acceptors (Lipinski definition) is 4. The predicted molar refractivity (Wildman–Crippen MR) is 90.9 cm³/mol. The highest BCUT2D eigenvalue weighted by molar-refractivity contribution is 4.96. The molecule has 1 saturated heterocycles. The average molecular weight is 320 g/mol. The Morgan fingerprint density at radius 3 is 2.57 bits per heavy atom. The molecular formula is C17H28N4O2. The summed E-state index contributed by atoms with van der Waals surface area (Å²) in [5, 5.41) is 0. The standard InChI is InChI=1S/C17H28N4O2/c1-14-13-16(22)21(17(23)18-14)12-10-19-7-4-8-20(11-9-19)15-5-2-3-6-15/h13,15H,2-12H2,1H3,(H,18,23). The lowest BCUT2D eigenvalue weighted by molar-refractivity contribution is 0.198. The van der Waals surface area contributed by atoms with Crippen LogP contribution in [0, 0.1) is 6.92 Å². The van der Waals surface area contributed by atoms with Gasteiger partial charge < -0.3 is 9.88 Å². The fourth-order valence-corrected chi connectivity index (χ4v) is 3.94. The second kappa shape index (κ2) is 7.45. The third-order valence-electron chi connectivity index (χ3n) is 5.26. The van der Waals surface area contributed by atoms with Crippen LogP contribution in [0.4, 0.5) is 0 Å². The van der Waals surface area contributed by atoms with Crippen molar-refractivity contribution in [3.05, 3.63) is 32.6 Å². The number of aromatic amines is 1. The van der Waals surface area contributed by atoms with E-state index in [-0.39, 0.29) is 11.2 Å². The first-order valence-corrected chi connectivity index (χ1v) is 8.90. The molecule has 2 fully saturated rings. The van der Waals surface area contributed by atoms with E-state index in [9.17, 15) is 9.59 Å². The van der Waals surface area contributed by atoms with E-state index >= 15 is 0 Å². The molecule has 0 amide bonds. The fourth-order valence-electron chi connectivity index (χ4n) is 3.94. The van der Waals surface area contributed by atoms with Gasteiger partial charge in [0.1, 0.15) is 0 Å². The molecule has 2 aliphatic rings. The number of aryl methyl sites for hydroxylation is 1. The van der Waals surface area contributed by atoms with Crippen molar-refractivity contribution in [1.82, 2.24) is 19.4 Å². The van der Waals surface area contributed by atoms with Crippen molar-refractivity contribution in [3.63, 3.8) is 0 Å². The molecule has 128 valence electrons. The van der Waals surface area contributed by atoms with Crippen molar-refractivity contribution < 1.29 is 0 Å². The summed E-state index contributed by atoms with van der Waals surface area (Å²) in [4.78, 5) is 31.6. The van der Waals surface area contributed by atoms with Gasteiger partial charge in [-0.2, -0.15) is 0 Å². The van der Waals surface area contributed by atoms with Crippen LogP contribution < -0.4 is 11.2 Å². The zero-order valence-electron chi connectivity index (χ0n) is 14.1. The summed E-state index contributed by atoms with van der Waals surface area (Å²) in [5.41, 5.74) is 0.129. The molecule has 3 rings (SSSR count). The highest BCUT2D eigenvalue weighted by Gasteiger charge is 2.24. The quantitative estimate of drug-likeness (QED) is 0.891. The maximum atomic E-state index is 11.9. The van der Waals surface area contributed by atoms with E-state index < -0.39 is 0 Å². The number of hydrogen-bond donors (Lipinski definition) is 1. The van der Waals surface area contributed by atoms with Gasteiger partial charge in [0.05, 0.1) is 0 Å². The van der Waals surface area contributed by atoms with Crippen LogP contribution in [0.1, 0.15) is 37.8 Å². The first-order valence-electron chi connectivity index (χ1n) is 8.90. The number of nitrogens with one attached hydrogen (secondary N) is 1. The Hall–Kier alpha value is -1.40. The van der Waals surface area contributed by atoms with Gasteiger partial charge in [-0.25, -0.2) is 4.79 Å². The van der Waals surface area contributed by atoms with Crippen LogP contribution in [-0.4, -0.2) is 58.1 Å². The number of rotatable bonds is 4. The molecule has 0 bridgehead atoms. The molecule has 2 heterocycles. The molecule has 1 aliphatic carbocycles. The first kappa shape index (κ1) is 16.5. The summed E-state index contributed by atoms with van der Waals surface area (Å²) >= 11 is 0. The minimum atomic E-state index is -0.294. The van der Waals surface area contributed by atoms with E-state index in [2.05, 4.69) is 14.8 Å². The van der Waals surface area contributed by atoms with Gasteiger partial charge in [-0.3, -0.25) is 14.3 Å². The summed E-state index contributed by atoms with van der Waals surface area (Å²) in [6.45, 7) is 7.37. The third kappa shape index (κ3) is 4.12. The smallest absolute Gasteiger partial charge is 0.311 e. The molecule has 23 heavy (non-hydrogen) atoms. The largest absolute Gasteiger partial charge is 0.328 e. The van der Waals surface area contributed by atoms with Crippen molar-refractivity contribution in [1.29, 1.82) is 0 Å². The van der Waals surface area contributed by atoms with Crippen LogP contribution in [0.15, 0.2) is 15.7 Å². The topological polar surface area (TPSA) is 61.3 Å². The Morgan fingerprint density at radius 1 is 1.04 bits per heavy atom. The van der Waals surface area contributed by atoms with Crippen LogP contribution in [0.3, 0.4) is 0 Å². The van der Waals surface area contributed by atoms with Crippen LogP contribution in [0.5, 0.6) is 0 Å². The Labute approximate surface area is 137 Å². The summed E-state index contributed by atoms with van der Waals surface area (Å²) in [6.07, 6.45) is 6.64. The van der Waals surface area contributed by atoms with E-state index in [0.29, 0.717) is 12.2 Å². The molecule has 1 aromatic rings.